The highest BCUT2D eigenvalue weighted by molar-refractivity contribution is 7.91. The lowest BCUT2D eigenvalue weighted by molar-refractivity contribution is 0.0603. The summed E-state index contributed by atoms with van der Waals surface area (Å²) < 4.78 is 29.1. The lowest BCUT2D eigenvalue weighted by Gasteiger charge is -2.20. The molecule has 1 atom stereocenters. The van der Waals surface area contributed by atoms with Crippen molar-refractivity contribution in [2.45, 2.75) is 24.5 Å². The molecule has 0 saturated carbocycles. The van der Waals surface area contributed by atoms with Gasteiger partial charge in [0, 0.05) is 0 Å². The molecule has 7 heteroatoms. The number of imidazole rings is 1. The molecule has 21 heavy (non-hydrogen) atoms. The number of carbonyl (C=O) groups excluding carboxylic acids is 1. The van der Waals surface area contributed by atoms with E-state index in [2.05, 4.69) is 9.97 Å². The summed E-state index contributed by atoms with van der Waals surface area (Å²) in [6, 6.07) is 5.10. The first kappa shape index (κ1) is 14.1. The van der Waals surface area contributed by atoms with Gasteiger partial charge in [0.25, 0.3) is 0 Å². The Labute approximate surface area is 122 Å². The second kappa shape index (κ2) is 5.14. The summed E-state index contributed by atoms with van der Waals surface area (Å²) in [5.41, 5.74) is 1.44. The van der Waals surface area contributed by atoms with E-state index in [4.69, 9.17) is 4.74 Å². The molecular weight excluding hydrogens is 292 g/mol. The Morgan fingerprint density at radius 2 is 2.19 bits per heavy atom. The second-order valence-corrected chi connectivity index (χ2v) is 7.47. The van der Waals surface area contributed by atoms with Crippen LogP contribution in [-0.4, -0.2) is 37.2 Å². The van der Waals surface area contributed by atoms with Crippen molar-refractivity contribution in [1.82, 2.24) is 9.97 Å². The van der Waals surface area contributed by atoms with Gasteiger partial charge in [-0.1, -0.05) is 12.5 Å². The van der Waals surface area contributed by atoms with E-state index < -0.39 is 21.1 Å². The SMILES string of the molecule is COC(=O)c1cccc2[nH]c(C3CCCCS3(=O)=O)nc12. The maximum absolute atomic E-state index is 12.2. The zero-order valence-corrected chi connectivity index (χ0v) is 12.4. The zero-order chi connectivity index (χ0) is 15.0. The van der Waals surface area contributed by atoms with Crippen LogP contribution in [0.25, 0.3) is 11.0 Å². The van der Waals surface area contributed by atoms with Gasteiger partial charge in [0.1, 0.15) is 16.6 Å². The number of nitrogens with zero attached hydrogens (tertiary/aromatic N) is 1. The van der Waals surface area contributed by atoms with Crippen LogP contribution in [0.2, 0.25) is 0 Å². The summed E-state index contributed by atoms with van der Waals surface area (Å²) in [5.74, 6) is 0.129. The minimum absolute atomic E-state index is 0.193. The van der Waals surface area contributed by atoms with Crippen molar-refractivity contribution >= 4 is 26.8 Å². The number of nitrogens with one attached hydrogen (secondary N) is 1. The summed E-state index contributed by atoms with van der Waals surface area (Å²) in [4.78, 5) is 19.2. The molecule has 1 aliphatic heterocycles. The Bertz CT molecular complexity index is 794. The number of fused-ring (bicyclic) bond motifs is 1. The van der Waals surface area contributed by atoms with Crippen molar-refractivity contribution in [2.24, 2.45) is 0 Å². The fourth-order valence-corrected chi connectivity index (χ4v) is 4.61. The predicted octanol–water partition coefficient (Wildman–Crippen LogP) is 1.99. The number of hydrogen-bond acceptors (Lipinski definition) is 5. The molecule has 1 aromatic carbocycles. The van der Waals surface area contributed by atoms with Crippen molar-refractivity contribution < 1.29 is 17.9 Å². The molecule has 0 radical (unpaired) electrons. The average molecular weight is 308 g/mol. The number of carbonyl (C=O) groups is 1. The maximum Gasteiger partial charge on any atom is 0.340 e. The summed E-state index contributed by atoms with van der Waals surface area (Å²) in [6.07, 6.45) is 2.13. The normalized spacial score (nSPS) is 21.3. The topological polar surface area (TPSA) is 89.1 Å². The van der Waals surface area contributed by atoms with Crippen LogP contribution in [0.5, 0.6) is 0 Å². The molecule has 0 bridgehead atoms. The van der Waals surface area contributed by atoms with Gasteiger partial charge in [0.2, 0.25) is 0 Å². The van der Waals surface area contributed by atoms with Crippen molar-refractivity contribution in [3.8, 4) is 0 Å². The molecule has 1 aromatic heterocycles. The highest BCUT2D eigenvalue weighted by Gasteiger charge is 2.33. The fraction of sp³-hybridized carbons (Fsp3) is 0.429. The van der Waals surface area contributed by atoms with Gasteiger partial charge in [-0.05, 0) is 25.0 Å². The van der Waals surface area contributed by atoms with Crippen LogP contribution in [0.3, 0.4) is 0 Å². The van der Waals surface area contributed by atoms with Crippen molar-refractivity contribution in [3.63, 3.8) is 0 Å². The quantitative estimate of drug-likeness (QED) is 0.857. The van der Waals surface area contributed by atoms with Crippen LogP contribution in [0.15, 0.2) is 18.2 Å². The number of sulfone groups is 1. The Hall–Kier alpha value is -1.89. The molecule has 1 unspecified atom stereocenters. The van der Waals surface area contributed by atoms with Gasteiger partial charge in [0.05, 0.1) is 23.9 Å². The Balaban J connectivity index is 2.11. The third kappa shape index (κ3) is 2.42. The number of para-hydroxylation sites is 1. The van der Waals surface area contributed by atoms with Crippen LogP contribution < -0.4 is 0 Å². The lowest BCUT2D eigenvalue weighted by atomic mass is 10.2. The Morgan fingerprint density at radius 3 is 2.90 bits per heavy atom. The van der Waals surface area contributed by atoms with Crippen LogP contribution in [0.4, 0.5) is 0 Å². The van der Waals surface area contributed by atoms with Gasteiger partial charge < -0.3 is 9.72 Å². The van der Waals surface area contributed by atoms with Gasteiger partial charge in [-0.3, -0.25) is 0 Å². The minimum atomic E-state index is -3.17. The van der Waals surface area contributed by atoms with Gasteiger partial charge in [0.15, 0.2) is 9.84 Å². The van der Waals surface area contributed by atoms with Crippen LogP contribution in [-0.2, 0) is 14.6 Å². The largest absolute Gasteiger partial charge is 0.465 e. The van der Waals surface area contributed by atoms with Crippen LogP contribution in [0.1, 0.15) is 40.7 Å². The van der Waals surface area contributed by atoms with Gasteiger partial charge in [-0.25, -0.2) is 18.2 Å². The monoisotopic (exact) mass is 308 g/mol. The number of aromatic amines is 1. The first-order valence-corrected chi connectivity index (χ1v) is 8.53. The third-order valence-corrected chi connectivity index (χ3v) is 6.00. The molecule has 112 valence electrons. The molecule has 1 N–H and O–H groups in total. The molecule has 3 rings (SSSR count). The zero-order valence-electron chi connectivity index (χ0n) is 11.6. The molecule has 0 spiro atoms. The maximum atomic E-state index is 12.2. The van der Waals surface area contributed by atoms with Crippen molar-refractivity contribution in [1.29, 1.82) is 0 Å². The van der Waals surface area contributed by atoms with E-state index >= 15 is 0 Å². The van der Waals surface area contributed by atoms with Crippen LogP contribution in [0, 0.1) is 0 Å². The highest BCUT2D eigenvalue weighted by atomic mass is 32.2. The number of methoxy groups -OCH3 is 1. The van der Waals surface area contributed by atoms with E-state index in [-0.39, 0.29) is 5.75 Å². The molecular formula is C14H16N2O4S. The van der Waals surface area contributed by atoms with Gasteiger partial charge >= 0.3 is 5.97 Å². The number of H-pyrrole nitrogens is 1. The molecule has 2 heterocycles. The van der Waals surface area contributed by atoms with E-state index in [1.165, 1.54) is 7.11 Å². The Kier molecular flexibility index (Phi) is 3.44. The van der Waals surface area contributed by atoms with Crippen molar-refractivity contribution in [2.75, 3.05) is 12.9 Å². The third-order valence-electron chi connectivity index (χ3n) is 3.82. The number of rotatable bonds is 2. The van der Waals surface area contributed by atoms with E-state index in [1.807, 2.05) is 0 Å². The molecule has 0 amide bonds. The predicted molar refractivity (Wildman–Crippen MR) is 77.8 cm³/mol. The summed E-state index contributed by atoms with van der Waals surface area (Å²) in [5, 5.41) is -0.607. The summed E-state index contributed by atoms with van der Waals surface area (Å²) in [7, 11) is -1.87. The molecule has 0 aliphatic carbocycles. The summed E-state index contributed by atoms with van der Waals surface area (Å²) in [6.45, 7) is 0. The number of benzene rings is 1. The molecule has 1 fully saturated rings. The van der Waals surface area contributed by atoms with E-state index in [9.17, 15) is 13.2 Å². The minimum Gasteiger partial charge on any atom is -0.465 e. The Morgan fingerprint density at radius 1 is 1.38 bits per heavy atom. The van der Waals surface area contributed by atoms with Gasteiger partial charge in [-0.15, -0.1) is 0 Å². The molecule has 1 aliphatic rings. The smallest absolute Gasteiger partial charge is 0.340 e. The number of ether oxygens (including phenoxy) is 1. The molecule has 1 saturated heterocycles. The molecule has 2 aromatic rings. The lowest BCUT2D eigenvalue weighted by Crippen LogP contribution is -2.22. The first-order chi connectivity index (χ1) is 10.0. The second-order valence-electron chi connectivity index (χ2n) is 5.17. The summed E-state index contributed by atoms with van der Waals surface area (Å²) >= 11 is 0. The molecule has 6 nitrogen and oxygen atoms in total. The average Bonchev–Trinajstić information content (AvgIpc) is 2.89. The van der Waals surface area contributed by atoms with E-state index in [0.29, 0.717) is 35.3 Å². The van der Waals surface area contributed by atoms with E-state index in [1.54, 1.807) is 18.2 Å². The first-order valence-electron chi connectivity index (χ1n) is 6.81. The number of hydrogen-bond donors (Lipinski definition) is 1. The number of aromatic nitrogens is 2. The number of esters is 1. The van der Waals surface area contributed by atoms with Crippen molar-refractivity contribution in [3.05, 3.63) is 29.6 Å². The highest BCUT2D eigenvalue weighted by Crippen LogP contribution is 2.33. The fourth-order valence-electron chi connectivity index (χ4n) is 2.74. The van der Waals surface area contributed by atoms with E-state index in [0.717, 1.165) is 6.42 Å². The standard InChI is InChI=1S/C14H16N2O4S/c1-20-14(17)9-5-4-6-10-12(9)16-13(15-10)11-7-2-3-8-21(11,18)19/h4-6,11H,2-3,7-8H2,1H3,(H,15,16). The van der Waals surface area contributed by atoms with Gasteiger partial charge in [-0.2, -0.15) is 0 Å². The van der Waals surface area contributed by atoms with Crippen LogP contribution >= 0.6 is 0 Å².